The molecule has 1 fully saturated rings. The average molecular weight is 396 g/mol. The molecule has 0 radical (unpaired) electrons. The predicted octanol–water partition coefficient (Wildman–Crippen LogP) is 3.79. The Kier molecular flexibility index (Phi) is 4.55. The molecule has 5 rings (SSSR count). The number of nitrogens with zero attached hydrogens (tertiary/aromatic N) is 4. The molecule has 2 aliphatic heterocycles. The summed E-state index contributed by atoms with van der Waals surface area (Å²) in [6.07, 6.45) is 6.88. The van der Waals surface area contributed by atoms with Gasteiger partial charge in [0.1, 0.15) is 11.5 Å². The second kappa shape index (κ2) is 7.20. The van der Waals surface area contributed by atoms with Gasteiger partial charge in [0, 0.05) is 31.6 Å². The minimum absolute atomic E-state index is 0.0194. The summed E-state index contributed by atoms with van der Waals surface area (Å²) in [5, 5.41) is 4.33. The maximum absolute atomic E-state index is 12.9. The van der Waals surface area contributed by atoms with Crippen molar-refractivity contribution in [2.45, 2.75) is 51.1 Å². The van der Waals surface area contributed by atoms with Crippen LogP contribution in [0, 0.1) is 0 Å². The summed E-state index contributed by atoms with van der Waals surface area (Å²) in [5.74, 6) is 1.07. The second-order valence-corrected chi connectivity index (χ2v) is 8.88. The van der Waals surface area contributed by atoms with Crippen molar-refractivity contribution in [3.05, 3.63) is 42.0 Å². The Morgan fingerprint density at radius 3 is 2.86 bits per heavy atom. The molecule has 1 aromatic carbocycles. The topological polar surface area (TPSA) is 63.1 Å². The van der Waals surface area contributed by atoms with Crippen LogP contribution >= 0.6 is 11.3 Å². The molecule has 0 saturated carbocycles. The Balaban J connectivity index is 1.23. The first kappa shape index (κ1) is 17.7. The van der Waals surface area contributed by atoms with Crippen molar-refractivity contribution >= 4 is 32.6 Å². The first-order valence-electron chi connectivity index (χ1n) is 10.2. The molecule has 1 atom stereocenters. The second-order valence-electron chi connectivity index (χ2n) is 7.87. The molecule has 28 heavy (non-hydrogen) atoms. The van der Waals surface area contributed by atoms with Crippen molar-refractivity contribution in [2.24, 2.45) is 0 Å². The molecule has 0 spiro atoms. The summed E-state index contributed by atoms with van der Waals surface area (Å²) in [6, 6.07) is 8.84. The molecule has 3 aromatic rings. The van der Waals surface area contributed by atoms with Gasteiger partial charge in [-0.2, -0.15) is 0 Å². The van der Waals surface area contributed by atoms with Crippen LogP contribution in [-0.2, 0) is 6.42 Å². The third kappa shape index (κ3) is 3.17. The van der Waals surface area contributed by atoms with Gasteiger partial charge in [-0.05, 0) is 44.7 Å². The molecular weight excluding hydrogens is 370 g/mol. The van der Waals surface area contributed by atoms with Gasteiger partial charge in [0.25, 0.3) is 5.91 Å². The molecule has 1 unspecified atom stereocenters. The quantitative estimate of drug-likeness (QED) is 0.733. The highest BCUT2D eigenvalue weighted by Gasteiger charge is 2.27. The maximum atomic E-state index is 12.9. The molecule has 0 bridgehead atoms. The molecule has 1 amide bonds. The Hall–Kier alpha value is -2.41. The van der Waals surface area contributed by atoms with E-state index in [1.54, 1.807) is 17.5 Å². The van der Waals surface area contributed by atoms with Gasteiger partial charge in [0.05, 0.1) is 16.4 Å². The number of carbonyl (C=O) groups excluding carboxylic acids is 1. The smallest absolute Gasteiger partial charge is 0.269 e. The number of nitrogens with one attached hydrogen (secondary N) is 1. The van der Waals surface area contributed by atoms with E-state index in [0.29, 0.717) is 6.04 Å². The van der Waals surface area contributed by atoms with Gasteiger partial charge < -0.3 is 14.8 Å². The number of benzene rings is 1. The highest BCUT2D eigenvalue weighted by molar-refractivity contribution is 7.22. The molecule has 4 heterocycles. The van der Waals surface area contributed by atoms with Gasteiger partial charge in [-0.15, -0.1) is 0 Å². The lowest BCUT2D eigenvalue weighted by atomic mass is 10.0. The fourth-order valence-electron chi connectivity index (χ4n) is 4.40. The molecular formula is C21H25N5OS. The van der Waals surface area contributed by atoms with Crippen molar-refractivity contribution in [1.29, 1.82) is 0 Å². The summed E-state index contributed by atoms with van der Waals surface area (Å²) in [5.41, 5.74) is 1.79. The monoisotopic (exact) mass is 395 g/mol. The maximum Gasteiger partial charge on any atom is 0.269 e. The summed E-state index contributed by atoms with van der Waals surface area (Å²) < 4.78 is 3.36. The zero-order valence-electron chi connectivity index (χ0n) is 16.1. The number of piperidine rings is 1. The van der Waals surface area contributed by atoms with Crippen molar-refractivity contribution in [3.63, 3.8) is 0 Å². The number of hydrogen-bond donors (Lipinski definition) is 1. The normalized spacial score (nSPS) is 20.3. The molecule has 0 aliphatic carbocycles. The van der Waals surface area contributed by atoms with E-state index in [9.17, 15) is 4.79 Å². The van der Waals surface area contributed by atoms with Crippen LogP contribution in [0.1, 0.15) is 55.0 Å². The standard InChI is InChI=1S/C21H25N5OS/c1-14-5-4-8-19-22-13-17(26(14)19)20(27)23-15-9-11-25(12-10-15)21-24-16-6-2-3-7-18(16)28-21/h2-3,6-7,13-15H,4-5,8-12H2,1H3,(H,23,27). The predicted molar refractivity (Wildman–Crippen MR) is 112 cm³/mol. The number of para-hydroxylation sites is 1. The first-order valence-corrected chi connectivity index (χ1v) is 11.0. The third-order valence-electron chi connectivity index (χ3n) is 5.95. The van der Waals surface area contributed by atoms with Crippen LogP contribution in [0.5, 0.6) is 0 Å². The van der Waals surface area contributed by atoms with Crippen LogP contribution in [0.25, 0.3) is 10.2 Å². The largest absolute Gasteiger partial charge is 0.348 e. The Labute approximate surface area is 168 Å². The molecule has 1 N–H and O–H groups in total. The van der Waals surface area contributed by atoms with Crippen molar-refractivity contribution in [2.75, 3.05) is 18.0 Å². The van der Waals surface area contributed by atoms with Crippen LogP contribution in [-0.4, -0.2) is 39.6 Å². The van der Waals surface area contributed by atoms with Crippen LogP contribution in [0.15, 0.2) is 30.5 Å². The third-order valence-corrected chi connectivity index (χ3v) is 7.05. The van der Waals surface area contributed by atoms with Crippen molar-refractivity contribution in [3.8, 4) is 0 Å². The number of imidazole rings is 1. The van der Waals surface area contributed by atoms with Crippen molar-refractivity contribution in [1.82, 2.24) is 19.9 Å². The summed E-state index contributed by atoms with van der Waals surface area (Å²) >= 11 is 1.75. The zero-order valence-corrected chi connectivity index (χ0v) is 16.9. The van der Waals surface area contributed by atoms with Crippen LogP contribution in [0.2, 0.25) is 0 Å². The first-order chi connectivity index (χ1) is 13.7. The molecule has 7 heteroatoms. The van der Waals surface area contributed by atoms with E-state index >= 15 is 0 Å². The number of aryl methyl sites for hydroxylation is 1. The average Bonchev–Trinajstić information content (AvgIpc) is 3.33. The lowest BCUT2D eigenvalue weighted by Crippen LogP contribution is -2.45. The Morgan fingerprint density at radius 1 is 1.21 bits per heavy atom. The number of anilines is 1. The van der Waals surface area contributed by atoms with E-state index in [2.05, 4.69) is 44.9 Å². The molecule has 2 aliphatic rings. The van der Waals surface area contributed by atoms with Crippen LogP contribution in [0.4, 0.5) is 5.13 Å². The van der Waals surface area contributed by atoms with E-state index in [4.69, 9.17) is 4.98 Å². The Bertz CT molecular complexity index is 968. The molecule has 146 valence electrons. The minimum Gasteiger partial charge on any atom is -0.348 e. The van der Waals surface area contributed by atoms with E-state index in [1.807, 2.05) is 6.07 Å². The van der Waals surface area contributed by atoms with Gasteiger partial charge in [-0.3, -0.25) is 4.79 Å². The highest BCUT2D eigenvalue weighted by atomic mass is 32.1. The van der Waals surface area contributed by atoms with Gasteiger partial charge in [-0.25, -0.2) is 9.97 Å². The molecule has 1 saturated heterocycles. The van der Waals surface area contributed by atoms with Crippen LogP contribution < -0.4 is 10.2 Å². The summed E-state index contributed by atoms with van der Waals surface area (Å²) in [4.78, 5) is 24.5. The van der Waals surface area contributed by atoms with E-state index < -0.39 is 0 Å². The number of amides is 1. The van der Waals surface area contributed by atoms with Gasteiger partial charge >= 0.3 is 0 Å². The molecule has 2 aromatic heterocycles. The van der Waals surface area contributed by atoms with E-state index in [-0.39, 0.29) is 11.9 Å². The van der Waals surface area contributed by atoms with E-state index in [0.717, 1.165) is 67.4 Å². The van der Waals surface area contributed by atoms with E-state index in [1.165, 1.54) is 4.70 Å². The number of hydrogen-bond acceptors (Lipinski definition) is 5. The zero-order chi connectivity index (χ0) is 19.1. The highest BCUT2D eigenvalue weighted by Crippen LogP contribution is 2.30. The number of thiazole rings is 1. The fourth-order valence-corrected chi connectivity index (χ4v) is 5.42. The van der Waals surface area contributed by atoms with Gasteiger partial charge in [0.15, 0.2) is 5.13 Å². The van der Waals surface area contributed by atoms with Crippen LogP contribution in [0.3, 0.4) is 0 Å². The number of fused-ring (bicyclic) bond motifs is 2. The van der Waals surface area contributed by atoms with Gasteiger partial charge in [-0.1, -0.05) is 23.5 Å². The number of aromatic nitrogens is 3. The number of rotatable bonds is 3. The lowest BCUT2D eigenvalue weighted by Gasteiger charge is -2.32. The SMILES string of the molecule is CC1CCCc2ncc(C(=O)NC3CCN(c4nc5ccccc5s4)CC3)n21. The summed E-state index contributed by atoms with van der Waals surface area (Å²) in [6.45, 7) is 4.02. The minimum atomic E-state index is 0.0194. The van der Waals surface area contributed by atoms with Crippen molar-refractivity contribution < 1.29 is 4.79 Å². The number of carbonyl (C=O) groups is 1. The van der Waals surface area contributed by atoms with Gasteiger partial charge in [0.2, 0.25) is 0 Å². The Morgan fingerprint density at radius 2 is 2.04 bits per heavy atom. The molecule has 6 nitrogen and oxygen atoms in total. The summed E-state index contributed by atoms with van der Waals surface area (Å²) in [7, 11) is 0. The lowest BCUT2D eigenvalue weighted by molar-refractivity contribution is 0.0918. The fraction of sp³-hybridized carbons (Fsp3) is 0.476.